The quantitative estimate of drug-likeness (QED) is 0.439. The van der Waals surface area contributed by atoms with E-state index in [2.05, 4.69) is 25.7 Å². The van der Waals surface area contributed by atoms with Gasteiger partial charge in [0.2, 0.25) is 0 Å². The van der Waals surface area contributed by atoms with Crippen molar-refractivity contribution in [2.45, 2.75) is 58.8 Å². The van der Waals surface area contributed by atoms with Crippen molar-refractivity contribution in [3.63, 3.8) is 0 Å². The van der Waals surface area contributed by atoms with E-state index >= 15 is 0 Å². The summed E-state index contributed by atoms with van der Waals surface area (Å²) >= 11 is 0. The Morgan fingerprint density at radius 3 is 2.53 bits per heavy atom. The van der Waals surface area contributed by atoms with Crippen LogP contribution in [-0.2, 0) is 0 Å². The summed E-state index contributed by atoms with van der Waals surface area (Å²) in [4.78, 5) is 0. The van der Waals surface area contributed by atoms with Crippen LogP contribution in [0.3, 0.4) is 0 Å². The molecule has 100 valence electrons. The largest absolute Gasteiger partial charge is 0.316 e. The van der Waals surface area contributed by atoms with E-state index in [1.165, 1.54) is 58.0 Å². The van der Waals surface area contributed by atoms with Crippen LogP contribution >= 0.6 is 0 Å². The molecule has 2 unspecified atom stereocenters. The molecule has 1 N–H and O–H groups in total. The Labute approximate surface area is 108 Å². The van der Waals surface area contributed by atoms with Crippen LogP contribution in [0.25, 0.3) is 0 Å². The van der Waals surface area contributed by atoms with Crippen LogP contribution in [0.1, 0.15) is 58.8 Å². The zero-order chi connectivity index (χ0) is 12.5. The third-order valence-corrected chi connectivity index (χ3v) is 4.02. The monoisotopic (exact) mass is 237 g/mol. The molecular weight excluding hydrogens is 206 g/mol. The van der Waals surface area contributed by atoms with Crippen LogP contribution in [-0.4, -0.2) is 13.1 Å². The minimum absolute atomic E-state index is 0.785. The lowest BCUT2D eigenvalue weighted by atomic mass is 9.71. The Balaban J connectivity index is 1.96. The van der Waals surface area contributed by atoms with E-state index in [9.17, 15) is 0 Å². The van der Waals surface area contributed by atoms with E-state index in [0.717, 1.165) is 17.8 Å². The second-order valence-electron chi connectivity index (χ2n) is 6.08. The topological polar surface area (TPSA) is 12.0 Å². The van der Waals surface area contributed by atoms with Crippen LogP contribution in [0, 0.1) is 17.8 Å². The molecule has 0 amide bonds. The molecule has 0 saturated heterocycles. The van der Waals surface area contributed by atoms with Crippen molar-refractivity contribution in [1.82, 2.24) is 5.32 Å². The maximum Gasteiger partial charge on any atom is -0.00178 e. The van der Waals surface area contributed by atoms with E-state index in [4.69, 9.17) is 0 Å². The van der Waals surface area contributed by atoms with Crippen LogP contribution < -0.4 is 5.32 Å². The molecule has 0 aromatic heterocycles. The molecule has 0 bridgehead atoms. The highest BCUT2D eigenvalue weighted by Crippen LogP contribution is 2.37. The number of unbranched alkanes of at least 4 members (excludes halogenated alkanes) is 3. The fraction of sp³-hybridized carbons (Fsp3) is 0.875. The molecule has 2 atom stereocenters. The standard InChI is InChI=1S/C16H31N/c1-4-5-6-7-8-9-15-10-11-16(15)13-17-12-14(2)3/h4,14-17H,1,5-13H2,2-3H3. The van der Waals surface area contributed by atoms with Gasteiger partial charge >= 0.3 is 0 Å². The Kier molecular flexibility index (Phi) is 7.59. The fourth-order valence-electron chi connectivity index (χ4n) is 2.72. The van der Waals surface area contributed by atoms with Crippen LogP contribution in [0.15, 0.2) is 12.7 Å². The van der Waals surface area contributed by atoms with Crippen molar-refractivity contribution in [3.05, 3.63) is 12.7 Å². The Bertz CT molecular complexity index is 198. The lowest BCUT2D eigenvalue weighted by molar-refractivity contribution is 0.155. The summed E-state index contributed by atoms with van der Waals surface area (Å²) in [5.41, 5.74) is 0. The molecule has 1 nitrogen and oxygen atoms in total. The molecule has 1 saturated carbocycles. The lowest BCUT2D eigenvalue weighted by Crippen LogP contribution is -2.36. The normalized spacial score (nSPS) is 23.7. The lowest BCUT2D eigenvalue weighted by Gasteiger charge is -2.37. The molecule has 0 aromatic carbocycles. The third kappa shape index (κ3) is 6.26. The van der Waals surface area contributed by atoms with E-state index in [0.29, 0.717) is 0 Å². The zero-order valence-corrected chi connectivity index (χ0v) is 11.9. The van der Waals surface area contributed by atoms with E-state index in [1.54, 1.807) is 0 Å². The second kappa shape index (κ2) is 8.74. The average Bonchev–Trinajstić information content (AvgIpc) is 2.27. The summed E-state index contributed by atoms with van der Waals surface area (Å²) in [6.45, 7) is 10.8. The first-order chi connectivity index (χ1) is 8.24. The minimum atomic E-state index is 0.785. The van der Waals surface area contributed by atoms with Crippen molar-refractivity contribution < 1.29 is 0 Å². The van der Waals surface area contributed by atoms with Gasteiger partial charge in [-0.25, -0.2) is 0 Å². The van der Waals surface area contributed by atoms with Crippen LogP contribution in [0.5, 0.6) is 0 Å². The molecule has 1 aliphatic rings. The van der Waals surface area contributed by atoms with Crippen molar-refractivity contribution in [3.8, 4) is 0 Å². The van der Waals surface area contributed by atoms with Gasteiger partial charge < -0.3 is 5.32 Å². The fourth-order valence-corrected chi connectivity index (χ4v) is 2.72. The summed E-state index contributed by atoms with van der Waals surface area (Å²) in [6, 6.07) is 0. The summed E-state index contributed by atoms with van der Waals surface area (Å²) in [5, 5.41) is 3.61. The maximum atomic E-state index is 3.77. The minimum Gasteiger partial charge on any atom is -0.316 e. The number of rotatable bonds is 10. The van der Waals surface area contributed by atoms with Gasteiger partial charge in [-0.15, -0.1) is 6.58 Å². The van der Waals surface area contributed by atoms with Gasteiger partial charge in [0, 0.05) is 0 Å². The van der Waals surface area contributed by atoms with Crippen LogP contribution in [0.2, 0.25) is 0 Å². The highest BCUT2D eigenvalue weighted by atomic mass is 14.9. The molecular formula is C16H31N. The Hall–Kier alpha value is -0.300. The SMILES string of the molecule is C=CCCCCCC1CCC1CNCC(C)C. The summed E-state index contributed by atoms with van der Waals surface area (Å²) in [6.07, 6.45) is 11.8. The molecule has 0 spiro atoms. The highest BCUT2D eigenvalue weighted by Gasteiger charge is 2.29. The van der Waals surface area contributed by atoms with Gasteiger partial charge in [0.05, 0.1) is 0 Å². The van der Waals surface area contributed by atoms with Crippen molar-refractivity contribution in [2.24, 2.45) is 17.8 Å². The smallest absolute Gasteiger partial charge is 0.00178 e. The number of nitrogens with one attached hydrogen (secondary N) is 1. The van der Waals surface area contributed by atoms with Crippen molar-refractivity contribution >= 4 is 0 Å². The summed E-state index contributed by atoms with van der Waals surface area (Å²) < 4.78 is 0. The molecule has 0 heterocycles. The molecule has 0 aliphatic heterocycles. The first kappa shape index (κ1) is 14.8. The van der Waals surface area contributed by atoms with E-state index in [1.807, 2.05) is 6.08 Å². The first-order valence-corrected chi connectivity index (χ1v) is 7.55. The predicted octanol–water partition coefficient (Wildman–Crippen LogP) is 4.39. The Morgan fingerprint density at radius 2 is 1.94 bits per heavy atom. The van der Waals surface area contributed by atoms with Crippen molar-refractivity contribution in [1.29, 1.82) is 0 Å². The molecule has 1 rings (SSSR count). The highest BCUT2D eigenvalue weighted by molar-refractivity contribution is 4.82. The van der Waals surface area contributed by atoms with Gasteiger partial charge in [-0.05, 0) is 56.5 Å². The van der Waals surface area contributed by atoms with Gasteiger partial charge in [-0.2, -0.15) is 0 Å². The van der Waals surface area contributed by atoms with Crippen molar-refractivity contribution in [2.75, 3.05) is 13.1 Å². The van der Waals surface area contributed by atoms with Crippen LogP contribution in [0.4, 0.5) is 0 Å². The summed E-state index contributed by atoms with van der Waals surface area (Å²) in [5.74, 6) is 2.79. The van der Waals surface area contributed by atoms with E-state index in [-0.39, 0.29) is 0 Å². The Morgan fingerprint density at radius 1 is 1.18 bits per heavy atom. The van der Waals surface area contributed by atoms with Gasteiger partial charge in [-0.1, -0.05) is 39.2 Å². The number of allylic oxidation sites excluding steroid dienone is 1. The third-order valence-electron chi connectivity index (χ3n) is 4.02. The molecule has 1 fully saturated rings. The first-order valence-electron chi connectivity index (χ1n) is 7.55. The average molecular weight is 237 g/mol. The number of hydrogen-bond donors (Lipinski definition) is 1. The van der Waals surface area contributed by atoms with Gasteiger partial charge in [0.25, 0.3) is 0 Å². The maximum absolute atomic E-state index is 3.77. The van der Waals surface area contributed by atoms with Gasteiger partial charge in [0.15, 0.2) is 0 Å². The second-order valence-corrected chi connectivity index (χ2v) is 6.08. The van der Waals surface area contributed by atoms with Gasteiger partial charge in [-0.3, -0.25) is 0 Å². The molecule has 17 heavy (non-hydrogen) atoms. The molecule has 1 aliphatic carbocycles. The molecule has 1 heteroatoms. The van der Waals surface area contributed by atoms with Gasteiger partial charge in [0.1, 0.15) is 0 Å². The molecule has 0 aromatic rings. The molecule has 0 radical (unpaired) electrons. The summed E-state index contributed by atoms with van der Waals surface area (Å²) in [7, 11) is 0. The number of hydrogen-bond acceptors (Lipinski definition) is 1. The predicted molar refractivity (Wildman–Crippen MR) is 77.2 cm³/mol. The van der Waals surface area contributed by atoms with E-state index < -0.39 is 0 Å². The zero-order valence-electron chi connectivity index (χ0n) is 11.9.